The molecule has 100 valence electrons. The van der Waals surface area contributed by atoms with Crippen LogP contribution >= 0.6 is 11.3 Å². The van der Waals surface area contributed by atoms with Crippen LogP contribution in [0, 0.1) is 0 Å². The molecule has 0 radical (unpaired) electrons. The predicted molar refractivity (Wildman–Crippen MR) is 80.5 cm³/mol. The molecule has 1 aliphatic rings. The number of pyridine rings is 1. The second kappa shape index (κ2) is 4.50. The number of aryl methyl sites for hydroxylation is 2. The average molecular weight is 283 g/mol. The van der Waals surface area contributed by atoms with Gasteiger partial charge in [0, 0.05) is 11.1 Å². The van der Waals surface area contributed by atoms with Crippen LogP contribution in [-0.2, 0) is 12.8 Å². The van der Waals surface area contributed by atoms with Gasteiger partial charge in [-0.25, -0.2) is 15.8 Å². The fraction of sp³-hybridized carbons (Fsp3) is 0.214. The second-order valence-electron chi connectivity index (χ2n) is 4.79. The van der Waals surface area contributed by atoms with Crippen LogP contribution in [0.3, 0.4) is 0 Å². The van der Waals surface area contributed by atoms with Crippen molar-refractivity contribution in [2.45, 2.75) is 19.3 Å². The van der Waals surface area contributed by atoms with Crippen LogP contribution < -0.4 is 11.3 Å². The lowest BCUT2D eigenvalue weighted by Gasteiger charge is -2.06. The Hall–Kier alpha value is -2.05. The second-order valence-corrected chi connectivity index (χ2v) is 5.88. The van der Waals surface area contributed by atoms with Crippen LogP contribution in [0.4, 0.5) is 5.82 Å². The van der Waals surface area contributed by atoms with Gasteiger partial charge in [0.1, 0.15) is 10.5 Å². The van der Waals surface area contributed by atoms with Gasteiger partial charge < -0.3 is 5.43 Å². The highest BCUT2D eigenvalue weighted by atomic mass is 32.1. The molecule has 4 rings (SSSR count). The van der Waals surface area contributed by atoms with E-state index in [1.54, 1.807) is 17.5 Å². The van der Waals surface area contributed by atoms with Crippen molar-refractivity contribution in [2.24, 2.45) is 5.84 Å². The van der Waals surface area contributed by atoms with Crippen molar-refractivity contribution < 1.29 is 0 Å². The summed E-state index contributed by atoms with van der Waals surface area (Å²) in [5.74, 6) is 6.98. The molecule has 3 heterocycles. The Morgan fingerprint density at radius 3 is 2.95 bits per heavy atom. The summed E-state index contributed by atoms with van der Waals surface area (Å²) in [5.41, 5.74) is 4.85. The molecule has 0 saturated heterocycles. The Balaban J connectivity index is 1.98. The maximum atomic E-state index is 5.66. The first-order valence-electron chi connectivity index (χ1n) is 6.57. The molecule has 0 saturated carbocycles. The first kappa shape index (κ1) is 11.7. The first-order chi connectivity index (χ1) is 9.86. The van der Waals surface area contributed by atoms with Gasteiger partial charge in [-0.1, -0.05) is 6.07 Å². The molecular weight excluding hydrogens is 270 g/mol. The molecule has 5 nitrogen and oxygen atoms in total. The predicted octanol–water partition coefficient (Wildman–Crippen LogP) is 2.53. The number of hydrazine groups is 1. The van der Waals surface area contributed by atoms with Gasteiger partial charge >= 0.3 is 0 Å². The minimum absolute atomic E-state index is 0.617. The SMILES string of the molecule is NNc1nc(-c2ccccn2)nc2sc3c(c12)CCC3. The summed E-state index contributed by atoms with van der Waals surface area (Å²) in [4.78, 5) is 15.9. The molecule has 6 heteroatoms. The summed E-state index contributed by atoms with van der Waals surface area (Å²) in [6, 6.07) is 5.71. The topological polar surface area (TPSA) is 76.7 Å². The van der Waals surface area contributed by atoms with Crippen LogP contribution in [0.5, 0.6) is 0 Å². The van der Waals surface area contributed by atoms with E-state index >= 15 is 0 Å². The lowest BCUT2D eigenvalue weighted by Crippen LogP contribution is -2.10. The van der Waals surface area contributed by atoms with Crippen molar-refractivity contribution >= 4 is 27.4 Å². The highest BCUT2D eigenvalue weighted by molar-refractivity contribution is 7.19. The Kier molecular flexibility index (Phi) is 2.64. The third-order valence-electron chi connectivity index (χ3n) is 3.60. The van der Waals surface area contributed by atoms with E-state index in [-0.39, 0.29) is 0 Å². The number of anilines is 1. The fourth-order valence-electron chi connectivity index (χ4n) is 2.71. The molecule has 3 aromatic heterocycles. The molecule has 3 aromatic rings. The smallest absolute Gasteiger partial charge is 0.181 e. The van der Waals surface area contributed by atoms with Gasteiger partial charge in [-0.3, -0.25) is 4.98 Å². The van der Waals surface area contributed by atoms with E-state index in [0.29, 0.717) is 11.6 Å². The Bertz CT molecular complexity index is 781. The summed E-state index contributed by atoms with van der Waals surface area (Å²) in [6.45, 7) is 0. The monoisotopic (exact) mass is 283 g/mol. The standard InChI is InChI=1S/C14H13N5S/c15-19-13-11-8-4-3-6-10(8)20-14(11)18-12(17-13)9-5-1-2-7-16-9/h1-2,5,7H,3-4,6,15H2,(H,17,18,19). The van der Waals surface area contributed by atoms with E-state index in [9.17, 15) is 0 Å². The lowest BCUT2D eigenvalue weighted by molar-refractivity contribution is 0.917. The van der Waals surface area contributed by atoms with E-state index in [1.807, 2.05) is 18.2 Å². The van der Waals surface area contributed by atoms with Crippen molar-refractivity contribution in [1.82, 2.24) is 15.0 Å². The van der Waals surface area contributed by atoms with Gasteiger partial charge in [-0.05, 0) is 37.0 Å². The van der Waals surface area contributed by atoms with Crippen molar-refractivity contribution in [3.63, 3.8) is 0 Å². The number of aromatic nitrogens is 3. The van der Waals surface area contributed by atoms with Crippen LogP contribution in [0.15, 0.2) is 24.4 Å². The molecule has 1 aliphatic carbocycles. The summed E-state index contributed by atoms with van der Waals surface area (Å²) >= 11 is 1.75. The fourth-order valence-corrected chi connectivity index (χ4v) is 3.97. The summed E-state index contributed by atoms with van der Waals surface area (Å²) in [7, 11) is 0. The van der Waals surface area contributed by atoms with Crippen molar-refractivity contribution in [2.75, 3.05) is 5.43 Å². The number of rotatable bonds is 2. The molecule has 0 amide bonds. The minimum atomic E-state index is 0.617. The van der Waals surface area contributed by atoms with E-state index in [4.69, 9.17) is 5.84 Å². The van der Waals surface area contributed by atoms with E-state index in [1.165, 1.54) is 16.9 Å². The number of fused-ring (bicyclic) bond motifs is 3. The molecular formula is C14H13N5S. The van der Waals surface area contributed by atoms with Crippen molar-refractivity contribution in [3.05, 3.63) is 34.8 Å². The van der Waals surface area contributed by atoms with E-state index < -0.39 is 0 Å². The number of nitrogens with two attached hydrogens (primary N) is 1. The van der Waals surface area contributed by atoms with Gasteiger partial charge in [-0.2, -0.15) is 0 Å². The molecule has 20 heavy (non-hydrogen) atoms. The Labute approximate surface area is 119 Å². The molecule has 0 spiro atoms. The lowest BCUT2D eigenvalue weighted by atomic mass is 10.2. The zero-order valence-corrected chi connectivity index (χ0v) is 11.6. The van der Waals surface area contributed by atoms with Crippen LogP contribution in [-0.4, -0.2) is 15.0 Å². The van der Waals surface area contributed by atoms with E-state index in [0.717, 1.165) is 28.8 Å². The number of nitrogens with one attached hydrogen (secondary N) is 1. The van der Waals surface area contributed by atoms with Crippen molar-refractivity contribution in [3.8, 4) is 11.5 Å². The molecule has 0 unspecified atom stereocenters. The van der Waals surface area contributed by atoms with Gasteiger partial charge in [0.25, 0.3) is 0 Å². The molecule has 0 fully saturated rings. The molecule has 0 bridgehead atoms. The van der Waals surface area contributed by atoms with E-state index in [2.05, 4.69) is 20.4 Å². The number of nitrogens with zero attached hydrogens (tertiary/aromatic N) is 3. The summed E-state index contributed by atoms with van der Waals surface area (Å²) < 4.78 is 0. The maximum Gasteiger partial charge on any atom is 0.181 e. The third kappa shape index (κ3) is 1.69. The Morgan fingerprint density at radius 1 is 1.20 bits per heavy atom. The third-order valence-corrected chi connectivity index (χ3v) is 4.78. The number of thiophene rings is 1. The Morgan fingerprint density at radius 2 is 2.15 bits per heavy atom. The van der Waals surface area contributed by atoms with Gasteiger partial charge in [-0.15, -0.1) is 11.3 Å². The number of nitrogen functional groups attached to an aromatic ring is 1. The molecule has 0 aromatic carbocycles. The zero-order chi connectivity index (χ0) is 13.5. The highest BCUT2D eigenvalue weighted by Crippen LogP contribution is 2.39. The van der Waals surface area contributed by atoms with Gasteiger partial charge in [0.05, 0.1) is 5.39 Å². The summed E-state index contributed by atoms with van der Waals surface area (Å²) in [5, 5.41) is 1.09. The number of hydrogen-bond donors (Lipinski definition) is 2. The molecule has 0 atom stereocenters. The first-order valence-corrected chi connectivity index (χ1v) is 7.39. The largest absolute Gasteiger partial charge is 0.308 e. The quantitative estimate of drug-likeness (QED) is 0.558. The summed E-state index contributed by atoms with van der Waals surface area (Å²) in [6.07, 6.45) is 5.19. The normalized spacial score (nSPS) is 13.7. The van der Waals surface area contributed by atoms with Crippen LogP contribution in [0.1, 0.15) is 16.9 Å². The average Bonchev–Trinajstić information content (AvgIpc) is 3.07. The van der Waals surface area contributed by atoms with Crippen LogP contribution in [0.2, 0.25) is 0 Å². The van der Waals surface area contributed by atoms with Crippen LogP contribution in [0.25, 0.3) is 21.7 Å². The molecule has 3 N–H and O–H groups in total. The minimum Gasteiger partial charge on any atom is -0.308 e. The molecule has 0 aliphatic heterocycles. The highest BCUT2D eigenvalue weighted by Gasteiger charge is 2.22. The van der Waals surface area contributed by atoms with Gasteiger partial charge in [0.15, 0.2) is 11.6 Å². The zero-order valence-electron chi connectivity index (χ0n) is 10.8. The van der Waals surface area contributed by atoms with Gasteiger partial charge in [0.2, 0.25) is 0 Å². The maximum absolute atomic E-state index is 5.66. The van der Waals surface area contributed by atoms with Crippen molar-refractivity contribution in [1.29, 1.82) is 0 Å². The number of hydrogen-bond acceptors (Lipinski definition) is 6.